The summed E-state index contributed by atoms with van der Waals surface area (Å²) in [4.78, 5) is 30.5. The van der Waals surface area contributed by atoms with E-state index in [1.54, 1.807) is 35.1 Å². The predicted molar refractivity (Wildman–Crippen MR) is 99.2 cm³/mol. The number of nitrogens with zero attached hydrogens (tertiary/aromatic N) is 4. The molecule has 1 atom stereocenters. The number of carbonyl (C=O) groups excluding carboxylic acids is 2. The molecule has 3 aromatic rings. The maximum atomic E-state index is 12.4. The minimum atomic E-state index is -0.230. The fourth-order valence-corrected chi connectivity index (χ4v) is 3.10. The molecule has 0 saturated heterocycles. The summed E-state index contributed by atoms with van der Waals surface area (Å²) in [5.41, 5.74) is 1.89. The Labute approximate surface area is 155 Å². The number of hydrogen-bond donors (Lipinski definition) is 1. The highest BCUT2D eigenvalue weighted by Gasteiger charge is 2.18. The van der Waals surface area contributed by atoms with Crippen LogP contribution in [0.3, 0.4) is 0 Å². The van der Waals surface area contributed by atoms with Gasteiger partial charge >= 0.3 is 0 Å². The van der Waals surface area contributed by atoms with Crippen molar-refractivity contribution >= 4 is 23.2 Å². The van der Waals surface area contributed by atoms with Gasteiger partial charge in [-0.1, -0.05) is 18.2 Å². The first-order valence-electron chi connectivity index (χ1n) is 8.08. The number of benzene rings is 1. The van der Waals surface area contributed by atoms with E-state index in [-0.39, 0.29) is 24.4 Å². The van der Waals surface area contributed by atoms with Crippen LogP contribution in [-0.4, -0.2) is 45.1 Å². The Morgan fingerprint density at radius 3 is 2.65 bits per heavy atom. The molecule has 1 N–H and O–H groups in total. The molecule has 0 aliphatic heterocycles. The second-order valence-electron chi connectivity index (χ2n) is 5.77. The van der Waals surface area contributed by atoms with Crippen molar-refractivity contribution in [3.63, 3.8) is 0 Å². The number of aromatic nitrogens is 3. The molecule has 8 heteroatoms. The number of hydrogen-bond acceptors (Lipinski definition) is 5. The summed E-state index contributed by atoms with van der Waals surface area (Å²) in [7, 11) is 1.73. The lowest BCUT2D eigenvalue weighted by atomic mass is 10.1. The van der Waals surface area contributed by atoms with E-state index in [1.165, 1.54) is 17.7 Å². The Kier molecular flexibility index (Phi) is 5.43. The Balaban J connectivity index is 1.58. The fraction of sp³-hybridized carbons (Fsp3) is 0.222. The summed E-state index contributed by atoms with van der Waals surface area (Å²) in [5.74, 6) is -0.380. The average Bonchev–Trinajstić information content (AvgIpc) is 3.38. The lowest BCUT2D eigenvalue weighted by Crippen LogP contribution is -2.39. The van der Waals surface area contributed by atoms with Crippen molar-refractivity contribution in [1.82, 2.24) is 25.0 Å². The standard InChI is InChI=1S/C18H19N5O2S/c1-13(14-5-7-15(8-6-14)23-12-19-11-21-23)22(2)17(24)10-20-18(25)16-4-3-9-26-16/h3-9,11-13H,10H2,1-2H3,(H,20,25)/t13-/m1/s1. The topological polar surface area (TPSA) is 80.1 Å². The largest absolute Gasteiger partial charge is 0.342 e. The molecule has 2 amide bonds. The third-order valence-corrected chi connectivity index (χ3v) is 5.05. The van der Waals surface area contributed by atoms with E-state index in [1.807, 2.05) is 36.6 Å². The fourth-order valence-electron chi connectivity index (χ4n) is 2.46. The average molecular weight is 369 g/mol. The quantitative estimate of drug-likeness (QED) is 0.723. The Bertz CT molecular complexity index is 860. The first kappa shape index (κ1) is 17.8. The third kappa shape index (κ3) is 3.97. The highest BCUT2D eigenvalue weighted by Crippen LogP contribution is 2.20. The Morgan fingerprint density at radius 1 is 1.27 bits per heavy atom. The minimum Gasteiger partial charge on any atom is -0.342 e. The van der Waals surface area contributed by atoms with Gasteiger partial charge in [0.25, 0.3) is 5.91 Å². The molecular formula is C18H19N5O2S. The summed E-state index contributed by atoms with van der Waals surface area (Å²) in [6.45, 7) is 1.91. The van der Waals surface area contributed by atoms with Crippen molar-refractivity contribution in [3.05, 3.63) is 64.9 Å². The summed E-state index contributed by atoms with van der Waals surface area (Å²) in [5, 5.41) is 8.58. The summed E-state index contributed by atoms with van der Waals surface area (Å²) >= 11 is 1.35. The molecule has 0 radical (unpaired) electrons. The minimum absolute atomic E-state index is 0.0331. The molecule has 3 rings (SSSR count). The highest BCUT2D eigenvalue weighted by atomic mass is 32.1. The zero-order valence-corrected chi connectivity index (χ0v) is 15.3. The molecule has 0 fully saturated rings. The second-order valence-corrected chi connectivity index (χ2v) is 6.72. The molecule has 2 heterocycles. The van der Waals surface area contributed by atoms with E-state index >= 15 is 0 Å². The van der Waals surface area contributed by atoms with Gasteiger partial charge in [0, 0.05) is 7.05 Å². The molecule has 0 saturated carbocycles. The van der Waals surface area contributed by atoms with Gasteiger partial charge in [0.15, 0.2) is 0 Å². The number of rotatable bonds is 6. The van der Waals surface area contributed by atoms with E-state index in [4.69, 9.17) is 0 Å². The number of carbonyl (C=O) groups is 2. The number of likely N-dealkylation sites (N-methyl/N-ethyl adjacent to an activating group) is 1. The van der Waals surface area contributed by atoms with Crippen LogP contribution in [0.5, 0.6) is 0 Å². The van der Waals surface area contributed by atoms with Gasteiger partial charge < -0.3 is 10.2 Å². The van der Waals surface area contributed by atoms with Crippen LogP contribution in [0.15, 0.2) is 54.4 Å². The molecular weight excluding hydrogens is 350 g/mol. The number of amides is 2. The number of nitrogens with one attached hydrogen (secondary N) is 1. The van der Waals surface area contributed by atoms with Crippen LogP contribution in [0.4, 0.5) is 0 Å². The van der Waals surface area contributed by atoms with Gasteiger partial charge in [-0.2, -0.15) is 5.10 Å². The van der Waals surface area contributed by atoms with Crippen LogP contribution in [0.25, 0.3) is 5.69 Å². The maximum absolute atomic E-state index is 12.4. The van der Waals surface area contributed by atoms with Crippen molar-refractivity contribution < 1.29 is 9.59 Å². The van der Waals surface area contributed by atoms with Crippen molar-refractivity contribution in [2.45, 2.75) is 13.0 Å². The molecule has 7 nitrogen and oxygen atoms in total. The highest BCUT2D eigenvalue weighted by molar-refractivity contribution is 7.12. The zero-order valence-electron chi connectivity index (χ0n) is 14.5. The molecule has 1 aromatic carbocycles. The Morgan fingerprint density at radius 2 is 2.04 bits per heavy atom. The molecule has 0 spiro atoms. The van der Waals surface area contributed by atoms with Crippen LogP contribution in [0.1, 0.15) is 28.2 Å². The summed E-state index contributed by atoms with van der Waals surface area (Å²) in [6, 6.07) is 11.2. The number of thiophene rings is 1. The van der Waals surface area contributed by atoms with Crippen molar-refractivity contribution in [2.24, 2.45) is 0 Å². The van der Waals surface area contributed by atoms with Gasteiger partial charge in [0.1, 0.15) is 12.7 Å². The van der Waals surface area contributed by atoms with Gasteiger partial charge in [-0.05, 0) is 36.1 Å². The Hall–Kier alpha value is -3.00. The van der Waals surface area contributed by atoms with E-state index in [2.05, 4.69) is 15.4 Å². The second kappa shape index (κ2) is 7.92. The third-order valence-electron chi connectivity index (χ3n) is 4.18. The van der Waals surface area contributed by atoms with Gasteiger partial charge in [-0.3, -0.25) is 9.59 Å². The van der Waals surface area contributed by atoms with Crippen LogP contribution >= 0.6 is 11.3 Å². The zero-order chi connectivity index (χ0) is 18.5. The molecule has 2 aromatic heterocycles. The molecule has 0 aliphatic carbocycles. The lowest BCUT2D eigenvalue weighted by Gasteiger charge is -2.25. The van der Waals surface area contributed by atoms with Gasteiger partial charge in [-0.15, -0.1) is 11.3 Å². The molecule has 0 unspecified atom stereocenters. The van der Waals surface area contributed by atoms with Gasteiger partial charge in [-0.25, -0.2) is 9.67 Å². The summed E-state index contributed by atoms with van der Waals surface area (Å²) in [6.07, 6.45) is 3.11. The van der Waals surface area contributed by atoms with Crippen LogP contribution in [-0.2, 0) is 4.79 Å². The lowest BCUT2D eigenvalue weighted by molar-refractivity contribution is -0.130. The van der Waals surface area contributed by atoms with Gasteiger partial charge in [0.05, 0.1) is 23.2 Å². The SMILES string of the molecule is C[C@H](c1ccc(-n2cncn2)cc1)N(C)C(=O)CNC(=O)c1cccs1. The van der Waals surface area contributed by atoms with E-state index in [0.717, 1.165) is 11.3 Å². The first-order valence-corrected chi connectivity index (χ1v) is 8.96. The van der Waals surface area contributed by atoms with Crippen molar-refractivity contribution in [3.8, 4) is 5.69 Å². The monoisotopic (exact) mass is 369 g/mol. The molecule has 134 valence electrons. The van der Waals surface area contributed by atoms with E-state index in [0.29, 0.717) is 4.88 Å². The van der Waals surface area contributed by atoms with E-state index in [9.17, 15) is 9.59 Å². The van der Waals surface area contributed by atoms with Crippen LogP contribution in [0.2, 0.25) is 0 Å². The van der Waals surface area contributed by atoms with Gasteiger partial charge in [0.2, 0.25) is 5.91 Å². The first-order chi connectivity index (χ1) is 12.6. The van der Waals surface area contributed by atoms with E-state index < -0.39 is 0 Å². The van der Waals surface area contributed by atoms with Crippen LogP contribution < -0.4 is 5.32 Å². The normalized spacial score (nSPS) is 11.8. The molecule has 0 aliphatic rings. The van der Waals surface area contributed by atoms with Crippen molar-refractivity contribution in [1.29, 1.82) is 0 Å². The van der Waals surface area contributed by atoms with Crippen LogP contribution in [0, 0.1) is 0 Å². The van der Waals surface area contributed by atoms with Crippen molar-refractivity contribution in [2.75, 3.05) is 13.6 Å². The maximum Gasteiger partial charge on any atom is 0.261 e. The summed E-state index contributed by atoms with van der Waals surface area (Å²) < 4.78 is 1.67. The predicted octanol–water partition coefficient (Wildman–Crippen LogP) is 2.28. The molecule has 26 heavy (non-hydrogen) atoms. The molecule has 0 bridgehead atoms. The smallest absolute Gasteiger partial charge is 0.261 e.